The van der Waals surface area contributed by atoms with Gasteiger partial charge in [-0.2, -0.15) is 0 Å². The first-order chi connectivity index (χ1) is 7.52. The topological polar surface area (TPSA) is 4.93 Å². The first-order valence-electron chi connectivity index (χ1n) is 5.76. The maximum absolute atomic E-state index is 4.19. The predicted octanol–water partition coefficient (Wildman–Crippen LogP) is 4.16. The Morgan fingerprint density at radius 3 is 2.56 bits per heavy atom. The molecule has 0 saturated carbocycles. The molecule has 84 valence electrons. The van der Waals surface area contributed by atoms with E-state index in [1.54, 1.807) is 0 Å². The maximum atomic E-state index is 4.19. The molecule has 2 rings (SSSR count). The summed E-state index contributed by atoms with van der Waals surface area (Å²) in [6.07, 6.45) is 0. The summed E-state index contributed by atoms with van der Waals surface area (Å²) >= 11 is 0. The Morgan fingerprint density at radius 2 is 2.00 bits per heavy atom. The summed E-state index contributed by atoms with van der Waals surface area (Å²) < 4.78 is 2.24. The number of aryl methyl sites for hydroxylation is 2. The molecule has 0 aliphatic carbocycles. The maximum Gasteiger partial charge on any atom is 0.0485 e. The number of fused-ring (bicyclic) bond motifs is 1. The Bertz CT molecular complexity index is 544. The number of nitrogens with zero attached hydrogens (tertiary/aromatic N) is 1. The van der Waals surface area contributed by atoms with Gasteiger partial charge in [-0.25, -0.2) is 0 Å². The lowest BCUT2D eigenvalue weighted by Crippen LogP contribution is -1.99. The van der Waals surface area contributed by atoms with Gasteiger partial charge in [0.05, 0.1) is 0 Å². The highest BCUT2D eigenvalue weighted by molar-refractivity contribution is 5.88. The predicted molar refractivity (Wildman–Crippen MR) is 71.5 cm³/mol. The molecule has 1 nitrogen and oxygen atoms in total. The van der Waals surface area contributed by atoms with E-state index in [4.69, 9.17) is 0 Å². The first kappa shape index (κ1) is 11.0. The molecule has 0 aliphatic rings. The zero-order valence-corrected chi connectivity index (χ0v) is 10.5. The molecule has 1 heteroatoms. The van der Waals surface area contributed by atoms with E-state index in [0.29, 0.717) is 5.92 Å². The molecule has 0 radical (unpaired) electrons. The zero-order chi connectivity index (χ0) is 11.9. The fourth-order valence-electron chi connectivity index (χ4n) is 2.11. The van der Waals surface area contributed by atoms with E-state index >= 15 is 0 Å². The second-order valence-electron chi connectivity index (χ2n) is 4.78. The summed E-state index contributed by atoms with van der Waals surface area (Å²) in [5.41, 5.74) is 5.07. The third kappa shape index (κ3) is 1.57. The molecule has 0 N–H and O–H groups in total. The molecule has 0 spiro atoms. The minimum Gasteiger partial charge on any atom is -0.344 e. The number of allylic oxidation sites excluding steroid dienone is 1. The molecule has 0 bridgehead atoms. The molecule has 0 unspecified atom stereocenters. The first-order valence-corrected chi connectivity index (χ1v) is 5.76. The number of rotatable bonds is 2. The average Bonchev–Trinajstić information content (AvgIpc) is 2.57. The summed E-state index contributed by atoms with van der Waals surface area (Å²) in [7, 11) is 2.12. The Labute approximate surface area is 97.4 Å². The minimum atomic E-state index is 0.489. The fourth-order valence-corrected chi connectivity index (χ4v) is 2.11. The van der Waals surface area contributed by atoms with Gasteiger partial charge in [0.1, 0.15) is 0 Å². The lowest BCUT2D eigenvalue weighted by atomic mass is 10.0. The van der Waals surface area contributed by atoms with Crippen LogP contribution >= 0.6 is 0 Å². The Balaban J connectivity index is 2.69. The summed E-state index contributed by atoms with van der Waals surface area (Å²) in [4.78, 5) is 0. The van der Waals surface area contributed by atoms with Gasteiger partial charge < -0.3 is 4.57 Å². The van der Waals surface area contributed by atoms with Crippen LogP contribution in [-0.2, 0) is 7.05 Å². The minimum absolute atomic E-state index is 0.489. The monoisotopic (exact) mass is 213 g/mol. The Kier molecular flexibility index (Phi) is 2.63. The van der Waals surface area contributed by atoms with Crippen molar-refractivity contribution in [2.24, 2.45) is 13.0 Å². The van der Waals surface area contributed by atoms with Crippen molar-refractivity contribution in [2.45, 2.75) is 20.8 Å². The highest BCUT2D eigenvalue weighted by atomic mass is 14.9. The van der Waals surface area contributed by atoms with Gasteiger partial charge in [0, 0.05) is 23.6 Å². The van der Waals surface area contributed by atoms with Crippen LogP contribution < -0.4 is 0 Å². The van der Waals surface area contributed by atoms with Crippen molar-refractivity contribution in [3.63, 3.8) is 0 Å². The van der Waals surface area contributed by atoms with E-state index in [9.17, 15) is 0 Å². The van der Waals surface area contributed by atoms with Crippen molar-refractivity contribution in [1.82, 2.24) is 4.57 Å². The van der Waals surface area contributed by atoms with Gasteiger partial charge in [-0.15, -0.1) is 0 Å². The van der Waals surface area contributed by atoms with Crippen molar-refractivity contribution in [3.8, 4) is 0 Å². The van der Waals surface area contributed by atoms with Crippen molar-refractivity contribution >= 4 is 16.5 Å². The molecular formula is C15H19N. The van der Waals surface area contributed by atoms with Crippen LogP contribution in [0.3, 0.4) is 0 Å². The second kappa shape index (κ2) is 3.82. The molecule has 0 aliphatic heterocycles. The van der Waals surface area contributed by atoms with Crippen molar-refractivity contribution in [3.05, 3.63) is 42.1 Å². The van der Waals surface area contributed by atoms with Gasteiger partial charge >= 0.3 is 0 Å². The number of aromatic nitrogens is 1. The second-order valence-corrected chi connectivity index (χ2v) is 4.78. The summed E-state index contributed by atoms with van der Waals surface area (Å²) in [5, 5.41) is 1.34. The largest absolute Gasteiger partial charge is 0.344 e. The van der Waals surface area contributed by atoms with Crippen molar-refractivity contribution in [2.75, 3.05) is 0 Å². The van der Waals surface area contributed by atoms with Crippen LogP contribution in [0.1, 0.15) is 25.1 Å². The summed E-state index contributed by atoms with van der Waals surface area (Å²) in [6.45, 7) is 10.7. The van der Waals surface area contributed by atoms with E-state index < -0.39 is 0 Å². The molecule has 0 fully saturated rings. The standard InChI is InChI=1S/C15H19N/c1-10(2)12(4)15-9-13-11(3)7-6-8-14(13)16(15)5/h6-10H,4H2,1-3,5H3. The number of hydrogen-bond acceptors (Lipinski definition) is 0. The third-order valence-electron chi connectivity index (χ3n) is 3.33. The molecule has 0 atom stereocenters. The molecule has 16 heavy (non-hydrogen) atoms. The van der Waals surface area contributed by atoms with Gasteiger partial charge in [-0.3, -0.25) is 0 Å². The summed E-state index contributed by atoms with van der Waals surface area (Å²) in [5.74, 6) is 0.489. The van der Waals surface area contributed by atoms with Crippen LogP contribution in [0.15, 0.2) is 30.8 Å². The van der Waals surface area contributed by atoms with Gasteiger partial charge in [0.2, 0.25) is 0 Å². The molecule has 0 saturated heterocycles. The highest BCUT2D eigenvalue weighted by Gasteiger charge is 2.11. The smallest absolute Gasteiger partial charge is 0.0485 e. The number of hydrogen-bond donors (Lipinski definition) is 0. The van der Waals surface area contributed by atoms with Crippen LogP contribution in [0.5, 0.6) is 0 Å². The normalized spacial score (nSPS) is 11.3. The molecule has 2 aromatic rings. The van der Waals surface area contributed by atoms with Gasteiger partial charge in [0.15, 0.2) is 0 Å². The SMILES string of the molecule is C=C(c1cc2c(C)cccc2n1C)C(C)C. The van der Waals surface area contributed by atoms with E-state index in [-0.39, 0.29) is 0 Å². The molecule has 1 heterocycles. The molecule has 1 aromatic heterocycles. The Hall–Kier alpha value is -1.50. The quantitative estimate of drug-likeness (QED) is 0.706. The average molecular weight is 213 g/mol. The van der Waals surface area contributed by atoms with Crippen LogP contribution in [-0.4, -0.2) is 4.57 Å². The van der Waals surface area contributed by atoms with Gasteiger partial charge in [-0.05, 0) is 36.1 Å². The third-order valence-corrected chi connectivity index (χ3v) is 3.33. The molecular weight excluding hydrogens is 194 g/mol. The van der Waals surface area contributed by atoms with E-state index in [2.05, 4.69) is 63.2 Å². The van der Waals surface area contributed by atoms with Crippen LogP contribution in [0.4, 0.5) is 0 Å². The van der Waals surface area contributed by atoms with Crippen LogP contribution in [0.2, 0.25) is 0 Å². The number of benzene rings is 1. The van der Waals surface area contributed by atoms with Gasteiger partial charge in [-0.1, -0.05) is 32.6 Å². The van der Waals surface area contributed by atoms with E-state index in [1.165, 1.54) is 27.7 Å². The zero-order valence-electron chi connectivity index (χ0n) is 10.5. The molecule has 0 amide bonds. The summed E-state index contributed by atoms with van der Waals surface area (Å²) in [6, 6.07) is 8.69. The van der Waals surface area contributed by atoms with Crippen LogP contribution in [0, 0.1) is 12.8 Å². The van der Waals surface area contributed by atoms with E-state index in [0.717, 1.165) is 0 Å². The van der Waals surface area contributed by atoms with Crippen LogP contribution in [0.25, 0.3) is 16.5 Å². The van der Waals surface area contributed by atoms with E-state index in [1.807, 2.05) is 0 Å². The Morgan fingerprint density at radius 1 is 1.31 bits per heavy atom. The molecule has 1 aromatic carbocycles. The highest BCUT2D eigenvalue weighted by Crippen LogP contribution is 2.28. The fraction of sp³-hybridized carbons (Fsp3) is 0.333. The lowest BCUT2D eigenvalue weighted by Gasteiger charge is -2.10. The lowest BCUT2D eigenvalue weighted by molar-refractivity contribution is 0.829. The van der Waals surface area contributed by atoms with Crippen molar-refractivity contribution < 1.29 is 0 Å². The van der Waals surface area contributed by atoms with Crippen molar-refractivity contribution in [1.29, 1.82) is 0 Å². The van der Waals surface area contributed by atoms with Gasteiger partial charge in [0.25, 0.3) is 0 Å².